The maximum Gasteiger partial charge on any atom is 0.127 e. The van der Waals surface area contributed by atoms with Gasteiger partial charge in [0.05, 0.1) is 20.6 Å². The van der Waals surface area contributed by atoms with Crippen molar-refractivity contribution in [3.63, 3.8) is 0 Å². The van der Waals surface area contributed by atoms with Crippen LogP contribution in [-0.4, -0.2) is 30.8 Å². The summed E-state index contributed by atoms with van der Waals surface area (Å²) in [6.45, 7) is 1.14. The molecule has 0 saturated carbocycles. The largest absolute Gasteiger partial charge is 0.633 e. The molecule has 4 heteroatoms. The highest BCUT2D eigenvalue weighted by atomic mass is 16.5. The van der Waals surface area contributed by atoms with E-state index < -0.39 is 0 Å². The van der Waals surface area contributed by atoms with Crippen molar-refractivity contribution >= 4 is 5.57 Å². The van der Waals surface area contributed by atoms with Crippen molar-refractivity contribution in [3.05, 3.63) is 76.5 Å². The highest BCUT2D eigenvalue weighted by molar-refractivity contribution is 5.84. The fraction of sp³-hybridized carbons (Fsp3) is 0.263. The first-order valence-electron chi connectivity index (χ1n) is 7.59. The van der Waals surface area contributed by atoms with E-state index in [0.29, 0.717) is 13.2 Å². The molecule has 0 spiro atoms. The van der Waals surface area contributed by atoms with E-state index in [2.05, 4.69) is 24.3 Å². The minimum atomic E-state index is -0.274. The zero-order chi connectivity index (χ0) is 15.6. The molecule has 0 atom stereocenters. The van der Waals surface area contributed by atoms with Crippen LogP contribution in [0.5, 0.6) is 5.75 Å². The van der Waals surface area contributed by atoms with Crippen LogP contribution in [0.3, 0.4) is 0 Å². The van der Waals surface area contributed by atoms with E-state index in [1.54, 1.807) is 14.1 Å². The van der Waals surface area contributed by atoms with Gasteiger partial charge >= 0.3 is 0 Å². The van der Waals surface area contributed by atoms with E-state index in [9.17, 15) is 5.21 Å². The van der Waals surface area contributed by atoms with Crippen LogP contribution in [-0.2, 0) is 6.61 Å². The van der Waals surface area contributed by atoms with Gasteiger partial charge in [0.2, 0.25) is 0 Å². The van der Waals surface area contributed by atoms with Crippen LogP contribution in [0, 0.1) is 5.21 Å². The van der Waals surface area contributed by atoms with Crippen molar-refractivity contribution in [2.75, 3.05) is 20.6 Å². The fourth-order valence-electron chi connectivity index (χ4n) is 2.76. The average molecular weight is 313 g/mol. The molecule has 0 unspecified atom stereocenters. The number of para-hydroxylation sites is 1. The molecular formula is C19H23NO3. The van der Waals surface area contributed by atoms with E-state index >= 15 is 0 Å². The molecule has 2 N–H and O–H groups in total. The molecule has 2 aromatic carbocycles. The van der Waals surface area contributed by atoms with Crippen LogP contribution >= 0.6 is 0 Å². The molecule has 0 amide bonds. The first-order valence-corrected chi connectivity index (χ1v) is 7.59. The molecule has 0 fully saturated rings. The van der Waals surface area contributed by atoms with Gasteiger partial charge in [-0.2, -0.15) is 0 Å². The number of hydroxylamine groups is 3. The van der Waals surface area contributed by atoms with Crippen molar-refractivity contribution < 1.29 is 14.9 Å². The molecule has 1 heterocycles. The van der Waals surface area contributed by atoms with E-state index in [1.165, 1.54) is 11.1 Å². The lowest BCUT2D eigenvalue weighted by Crippen LogP contribution is -2.32. The third-order valence-corrected chi connectivity index (χ3v) is 3.88. The summed E-state index contributed by atoms with van der Waals surface area (Å²) in [5.41, 5.74) is 4.64. The number of fused-ring (bicyclic) bond motifs is 2. The second kappa shape index (κ2) is 6.96. The van der Waals surface area contributed by atoms with E-state index in [0.717, 1.165) is 23.3 Å². The first-order chi connectivity index (χ1) is 10.5. The van der Waals surface area contributed by atoms with Gasteiger partial charge in [-0.1, -0.05) is 48.5 Å². The van der Waals surface area contributed by atoms with Crippen LogP contribution in [0.4, 0.5) is 0 Å². The molecule has 0 aliphatic carbocycles. The summed E-state index contributed by atoms with van der Waals surface area (Å²) < 4.78 is 5.67. The van der Waals surface area contributed by atoms with Crippen molar-refractivity contribution in [1.29, 1.82) is 0 Å². The van der Waals surface area contributed by atoms with Gasteiger partial charge in [-0.05, 0) is 22.8 Å². The van der Waals surface area contributed by atoms with Gasteiger partial charge in [-0.3, -0.25) is 0 Å². The van der Waals surface area contributed by atoms with Crippen molar-refractivity contribution in [1.82, 2.24) is 0 Å². The third kappa shape index (κ3) is 3.99. The fourth-order valence-corrected chi connectivity index (χ4v) is 2.76. The van der Waals surface area contributed by atoms with E-state index in [1.807, 2.05) is 30.3 Å². The molecule has 2 aromatic rings. The maximum absolute atomic E-state index is 11.8. The Balaban J connectivity index is 0.00000192. The number of hydrogen-bond acceptors (Lipinski definition) is 2. The number of benzene rings is 2. The molecule has 1 aliphatic rings. The first kappa shape index (κ1) is 17.2. The predicted molar refractivity (Wildman–Crippen MR) is 92.9 cm³/mol. The highest BCUT2D eigenvalue weighted by Gasteiger charge is 2.18. The SMILES string of the molecule is C[N+](C)([O-])CC/C=C1\c2ccccc2COc2ccccc21.O. The molecule has 0 bridgehead atoms. The zero-order valence-corrected chi connectivity index (χ0v) is 13.6. The van der Waals surface area contributed by atoms with Crippen LogP contribution in [0.25, 0.3) is 5.57 Å². The monoisotopic (exact) mass is 313 g/mol. The summed E-state index contributed by atoms with van der Waals surface area (Å²) in [7, 11) is 3.35. The molecule has 4 nitrogen and oxygen atoms in total. The average Bonchev–Trinajstić information content (AvgIpc) is 2.64. The lowest BCUT2D eigenvalue weighted by molar-refractivity contribution is -0.839. The minimum Gasteiger partial charge on any atom is -0.633 e. The number of ether oxygens (including phenoxy) is 1. The van der Waals surface area contributed by atoms with Gasteiger partial charge in [0.1, 0.15) is 12.4 Å². The number of rotatable bonds is 3. The molecular weight excluding hydrogens is 290 g/mol. The Labute approximate surface area is 137 Å². The lowest BCUT2D eigenvalue weighted by atomic mass is 9.93. The molecule has 23 heavy (non-hydrogen) atoms. The van der Waals surface area contributed by atoms with Gasteiger partial charge in [0.15, 0.2) is 0 Å². The topological polar surface area (TPSA) is 63.8 Å². The van der Waals surface area contributed by atoms with Crippen molar-refractivity contribution in [3.8, 4) is 5.75 Å². The van der Waals surface area contributed by atoms with Gasteiger partial charge in [0.25, 0.3) is 0 Å². The molecule has 3 rings (SSSR count). The number of quaternary nitrogens is 1. The Bertz CT molecular complexity index is 652. The Hall–Kier alpha value is -2.14. The summed E-state index contributed by atoms with van der Waals surface area (Å²) in [6.07, 6.45) is 2.92. The Morgan fingerprint density at radius 3 is 2.43 bits per heavy atom. The van der Waals surface area contributed by atoms with Gasteiger partial charge in [0, 0.05) is 12.0 Å². The molecule has 0 radical (unpaired) electrons. The summed E-state index contributed by atoms with van der Waals surface area (Å²) >= 11 is 0. The van der Waals surface area contributed by atoms with Crippen LogP contribution in [0.2, 0.25) is 0 Å². The van der Waals surface area contributed by atoms with Crippen LogP contribution < -0.4 is 4.74 Å². The highest BCUT2D eigenvalue weighted by Crippen LogP contribution is 2.36. The summed E-state index contributed by atoms with van der Waals surface area (Å²) in [4.78, 5) is 0. The minimum absolute atomic E-state index is 0. The van der Waals surface area contributed by atoms with Gasteiger partial charge in [-0.15, -0.1) is 0 Å². The zero-order valence-electron chi connectivity index (χ0n) is 13.6. The second-order valence-corrected chi connectivity index (χ2v) is 6.15. The van der Waals surface area contributed by atoms with E-state index in [-0.39, 0.29) is 10.1 Å². The molecule has 0 aromatic heterocycles. The Morgan fingerprint density at radius 1 is 1.04 bits per heavy atom. The molecule has 1 aliphatic heterocycles. The Kier molecular flexibility index (Phi) is 5.21. The predicted octanol–water partition coefficient (Wildman–Crippen LogP) is 3.15. The lowest BCUT2D eigenvalue weighted by Gasteiger charge is -2.33. The molecule has 0 saturated heterocycles. The van der Waals surface area contributed by atoms with Crippen LogP contribution in [0.15, 0.2) is 54.6 Å². The van der Waals surface area contributed by atoms with Gasteiger partial charge in [-0.25, -0.2) is 0 Å². The van der Waals surface area contributed by atoms with Crippen molar-refractivity contribution in [2.24, 2.45) is 0 Å². The second-order valence-electron chi connectivity index (χ2n) is 6.15. The van der Waals surface area contributed by atoms with E-state index in [4.69, 9.17) is 4.74 Å². The normalized spacial score (nSPS) is 15.0. The summed E-state index contributed by atoms with van der Waals surface area (Å²) in [5.74, 6) is 0.904. The quantitative estimate of drug-likeness (QED) is 0.645. The third-order valence-electron chi connectivity index (χ3n) is 3.88. The van der Waals surface area contributed by atoms with Gasteiger partial charge < -0.3 is 20.1 Å². The molecule has 122 valence electrons. The number of hydrogen-bond donors (Lipinski definition) is 0. The Morgan fingerprint density at radius 2 is 1.70 bits per heavy atom. The smallest absolute Gasteiger partial charge is 0.127 e. The maximum atomic E-state index is 11.8. The summed E-state index contributed by atoms with van der Waals surface area (Å²) in [5, 5.41) is 11.8. The number of nitrogens with zero attached hydrogens (tertiary/aromatic N) is 1. The van der Waals surface area contributed by atoms with Crippen LogP contribution in [0.1, 0.15) is 23.1 Å². The summed E-state index contributed by atoms with van der Waals surface area (Å²) in [6, 6.07) is 16.4. The standard InChI is InChI=1S/C19H21NO2.H2O/c1-20(2,21)13-7-11-17-16-9-4-3-8-15(16)14-22-19-12-6-5-10-18(17)19;/h3-6,8-12H,7,13-14H2,1-2H3;1H2/b17-11+;. The van der Waals surface area contributed by atoms with Crippen molar-refractivity contribution in [2.45, 2.75) is 13.0 Å².